The zero-order chi connectivity index (χ0) is 14.4. The Morgan fingerprint density at radius 1 is 1.47 bits per heavy atom. The molecule has 0 aliphatic carbocycles. The van der Waals surface area contributed by atoms with Gasteiger partial charge in [-0.15, -0.1) is 0 Å². The Bertz CT molecular complexity index is 477. The van der Waals surface area contributed by atoms with E-state index < -0.39 is 4.92 Å². The molecule has 0 radical (unpaired) electrons. The van der Waals surface area contributed by atoms with Gasteiger partial charge in [-0.05, 0) is 0 Å². The lowest BCUT2D eigenvalue weighted by Crippen LogP contribution is -2.24. The second-order valence-electron chi connectivity index (χ2n) is 3.79. The van der Waals surface area contributed by atoms with Gasteiger partial charge in [-0.1, -0.05) is 0 Å². The minimum atomic E-state index is -0.648. The third-order valence-corrected chi connectivity index (χ3v) is 2.27. The summed E-state index contributed by atoms with van der Waals surface area (Å²) < 4.78 is 0. The van der Waals surface area contributed by atoms with Gasteiger partial charge in [-0.2, -0.15) is 0 Å². The van der Waals surface area contributed by atoms with Gasteiger partial charge >= 0.3 is 5.69 Å². The third-order valence-electron chi connectivity index (χ3n) is 2.27. The molecule has 0 saturated carbocycles. The molecule has 0 atom stereocenters. The number of nitrogens with two attached hydrogens (primary N) is 1. The van der Waals surface area contributed by atoms with Gasteiger partial charge in [-0.3, -0.25) is 14.9 Å². The fourth-order valence-corrected chi connectivity index (χ4v) is 1.30. The molecule has 0 bridgehead atoms. The molecule has 0 saturated heterocycles. The first-order valence-electron chi connectivity index (χ1n) is 5.37. The number of nitrogens with one attached hydrogen (secondary N) is 2. The maximum Gasteiger partial charge on any atom is 0.354 e. The molecule has 1 amide bonds. The molecule has 1 aromatic rings. The van der Waals surface area contributed by atoms with Crippen LogP contribution in [0.2, 0.25) is 0 Å². The van der Waals surface area contributed by atoms with E-state index in [2.05, 4.69) is 20.7 Å². The smallest absolute Gasteiger partial charge is 0.354 e. The molecule has 0 spiro atoms. The standard InChI is InChI=1S/C9H15N7O3/c1-15(2)6(17)3-4-11-8-7(16(18)19)9(14-10)13-5-12-8/h5H,3-4,10H2,1-2H3,(H2,11,12,13,14). The molecule has 0 aliphatic rings. The van der Waals surface area contributed by atoms with Crippen molar-refractivity contribution >= 4 is 23.2 Å². The molecule has 0 aliphatic heterocycles. The van der Waals surface area contributed by atoms with Crippen LogP contribution in [-0.4, -0.2) is 46.3 Å². The molecular weight excluding hydrogens is 254 g/mol. The predicted molar refractivity (Wildman–Crippen MR) is 68.3 cm³/mol. The zero-order valence-electron chi connectivity index (χ0n) is 10.6. The number of nitrogens with zero attached hydrogens (tertiary/aromatic N) is 4. The minimum absolute atomic E-state index is 0.0134. The summed E-state index contributed by atoms with van der Waals surface area (Å²) in [4.78, 5) is 30.5. The molecule has 10 heteroatoms. The fourth-order valence-electron chi connectivity index (χ4n) is 1.30. The van der Waals surface area contributed by atoms with Gasteiger partial charge in [0.05, 0.1) is 4.92 Å². The number of anilines is 2. The van der Waals surface area contributed by atoms with Crippen molar-refractivity contribution in [2.24, 2.45) is 5.84 Å². The van der Waals surface area contributed by atoms with Crippen LogP contribution in [0.5, 0.6) is 0 Å². The summed E-state index contributed by atoms with van der Waals surface area (Å²) >= 11 is 0. The van der Waals surface area contributed by atoms with Crippen molar-refractivity contribution in [1.82, 2.24) is 14.9 Å². The van der Waals surface area contributed by atoms with E-state index in [1.807, 2.05) is 0 Å². The van der Waals surface area contributed by atoms with Gasteiger partial charge in [0.15, 0.2) is 0 Å². The first-order chi connectivity index (χ1) is 8.97. The average molecular weight is 269 g/mol. The summed E-state index contributed by atoms with van der Waals surface area (Å²) in [6, 6.07) is 0. The Balaban J connectivity index is 2.78. The topological polar surface area (TPSA) is 139 Å². The van der Waals surface area contributed by atoms with Crippen LogP contribution in [0.4, 0.5) is 17.3 Å². The van der Waals surface area contributed by atoms with Crippen LogP contribution in [0.25, 0.3) is 0 Å². The number of amides is 1. The average Bonchev–Trinajstić information content (AvgIpc) is 2.37. The number of aromatic nitrogens is 2. The molecule has 0 unspecified atom stereocenters. The second kappa shape index (κ2) is 6.44. The molecule has 104 valence electrons. The van der Waals surface area contributed by atoms with Gasteiger partial charge in [0, 0.05) is 27.1 Å². The number of carbonyl (C=O) groups is 1. The second-order valence-corrected chi connectivity index (χ2v) is 3.79. The normalized spacial score (nSPS) is 9.84. The van der Waals surface area contributed by atoms with Crippen LogP contribution < -0.4 is 16.6 Å². The molecule has 1 rings (SSSR count). The SMILES string of the molecule is CN(C)C(=O)CCNc1ncnc(NN)c1[N+](=O)[O-]. The highest BCUT2D eigenvalue weighted by Crippen LogP contribution is 2.27. The predicted octanol–water partition coefficient (Wildman–Crippen LogP) is -0.439. The van der Waals surface area contributed by atoms with Crippen LogP contribution in [0.1, 0.15) is 6.42 Å². The Hall–Kier alpha value is -2.49. The highest BCUT2D eigenvalue weighted by Gasteiger charge is 2.22. The van der Waals surface area contributed by atoms with E-state index in [0.29, 0.717) is 0 Å². The summed E-state index contributed by atoms with van der Waals surface area (Å²) in [6.07, 6.45) is 1.33. The molecule has 1 heterocycles. The van der Waals surface area contributed by atoms with Gasteiger partial charge < -0.3 is 15.6 Å². The molecule has 0 fully saturated rings. The Kier molecular flexibility index (Phi) is 4.94. The number of hydrazine groups is 1. The zero-order valence-corrected chi connectivity index (χ0v) is 10.6. The lowest BCUT2D eigenvalue weighted by Gasteiger charge is -2.11. The monoisotopic (exact) mass is 269 g/mol. The summed E-state index contributed by atoms with van der Waals surface area (Å²) in [7, 11) is 3.26. The van der Waals surface area contributed by atoms with Crippen molar-refractivity contribution in [2.45, 2.75) is 6.42 Å². The summed E-state index contributed by atoms with van der Waals surface area (Å²) in [5.74, 6) is 4.96. The van der Waals surface area contributed by atoms with E-state index >= 15 is 0 Å². The molecule has 19 heavy (non-hydrogen) atoms. The number of hydrogen-bond acceptors (Lipinski definition) is 8. The van der Waals surface area contributed by atoms with Crippen molar-refractivity contribution < 1.29 is 9.72 Å². The summed E-state index contributed by atoms with van der Waals surface area (Å²) in [5.41, 5.74) is 1.77. The highest BCUT2D eigenvalue weighted by molar-refractivity contribution is 5.76. The van der Waals surface area contributed by atoms with Crippen molar-refractivity contribution in [3.63, 3.8) is 0 Å². The number of nitrogen functional groups attached to an aromatic ring is 1. The van der Waals surface area contributed by atoms with Gasteiger partial charge in [0.25, 0.3) is 0 Å². The maximum absolute atomic E-state index is 11.4. The fraction of sp³-hybridized carbons (Fsp3) is 0.444. The summed E-state index contributed by atoms with van der Waals surface area (Å²) in [5, 5.41) is 13.6. The lowest BCUT2D eigenvalue weighted by molar-refractivity contribution is -0.383. The Labute approximate surface area is 109 Å². The van der Waals surface area contributed by atoms with Crippen LogP contribution in [0, 0.1) is 10.1 Å². The van der Waals surface area contributed by atoms with E-state index in [1.165, 1.54) is 4.90 Å². The van der Waals surface area contributed by atoms with E-state index in [0.717, 1.165) is 6.33 Å². The number of carbonyl (C=O) groups excluding carboxylic acids is 1. The molecule has 4 N–H and O–H groups in total. The first kappa shape index (κ1) is 14.6. The van der Waals surface area contributed by atoms with Crippen molar-refractivity contribution in [2.75, 3.05) is 31.4 Å². The maximum atomic E-state index is 11.4. The highest BCUT2D eigenvalue weighted by atomic mass is 16.6. The summed E-state index contributed by atoms with van der Waals surface area (Å²) in [6.45, 7) is 0.221. The van der Waals surface area contributed by atoms with Crippen LogP contribution in [0.15, 0.2) is 6.33 Å². The van der Waals surface area contributed by atoms with E-state index in [9.17, 15) is 14.9 Å². The number of rotatable bonds is 6. The van der Waals surface area contributed by atoms with Crippen molar-refractivity contribution in [3.05, 3.63) is 16.4 Å². The quantitative estimate of drug-likeness (QED) is 0.359. The van der Waals surface area contributed by atoms with Crippen LogP contribution in [-0.2, 0) is 4.79 Å². The van der Waals surface area contributed by atoms with Crippen molar-refractivity contribution in [3.8, 4) is 0 Å². The Morgan fingerprint density at radius 2 is 2.11 bits per heavy atom. The number of nitro groups is 1. The largest absolute Gasteiger partial charge is 0.364 e. The molecule has 1 aromatic heterocycles. The van der Waals surface area contributed by atoms with Gasteiger partial charge in [0.1, 0.15) is 6.33 Å². The third kappa shape index (κ3) is 3.74. The van der Waals surface area contributed by atoms with E-state index in [4.69, 9.17) is 5.84 Å². The Morgan fingerprint density at radius 3 is 2.63 bits per heavy atom. The minimum Gasteiger partial charge on any atom is -0.364 e. The van der Waals surface area contributed by atoms with Crippen LogP contribution in [0.3, 0.4) is 0 Å². The van der Waals surface area contributed by atoms with Gasteiger partial charge in [-0.25, -0.2) is 15.8 Å². The van der Waals surface area contributed by atoms with E-state index in [-0.39, 0.29) is 36.2 Å². The van der Waals surface area contributed by atoms with E-state index in [1.54, 1.807) is 14.1 Å². The molecular formula is C9H15N7O3. The van der Waals surface area contributed by atoms with Crippen molar-refractivity contribution in [1.29, 1.82) is 0 Å². The van der Waals surface area contributed by atoms with Crippen LogP contribution >= 0.6 is 0 Å². The molecule has 0 aromatic carbocycles. The molecule has 10 nitrogen and oxygen atoms in total. The number of hydrogen-bond donors (Lipinski definition) is 3. The first-order valence-corrected chi connectivity index (χ1v) is 5.37. The lowest BCUT2D eigenvalue weighted by atomic mass is 10.3. The van der Waals surface area contributed by atoms with Gasteiger partial charge in [0.2, 0.25) is 17.5 Å².